The summed E-state index contributed by atoms with van der Waals surface area (Å²) in [5.74, 6) is -1.54. The number of halogens is 3. The molecule has 4 nitrogen and oxygen atoms in total. The highest BCUT2D eigenvalue weighted by Crippen LogP contribution is 2.33. The Hall–Kier alpha value is -3.87. The van der Waals surface area contributed by atoms with E-state index in [1.54, 1.807) is 13.8 Å². The van der Waals surface area contributed by atoms with E-state index in [9.17, 15) is 22.8 Å². The minimum Gasteiger partial charge on any atom is -0.345 e. The molecule has 3 aromatic rings. The van der Waals surface area contributed by atoms with Gasteiger partial charge in [0.2, 0.25) is 0 Å². The van der Waals surface area contributed by atoms with E-state index in [0.717, 1.165) is 23.3 Å². The fourth-order valence-corrected chi connectivity index (χ4v) is 3.47. The van der Waals surface area contributed by atoms with Crippen molar-refractivity contribution >= 4 is 17.9 Å². The number of carbonyl (C=O) groups is 2. The molecule has 0 radical (unpaired) electrons. The Bertz CT molecular complexity index is 1100. The van der Waals surface area contributed by atoms with Gasteiger partial charge in [0.25, 0.3) is 11.8 Å². The summed E-state index contributed by atoms with van der Waals surface area (Å²) in [4.78, 5) is 26.3. The molecule has 2 N–H and O–H groups in total. The van der Waals surface area contributed by atoms with Gasteiger partial charge in [-0.05, 0) is 42.7 Å². The molecule has 0 fully saturated rings. The molecule has 34 heavy (non-hydrogen) atoms. The SMILES string of the molecule is CC(NC(=O)C(=Cc1ccccc1C(F)(F)F)C(=O)NC(C)c1ccccc1)c1ccccc1. The van der Waals surface area contributed by atoms with Crippen molar-refractivity contribution in [2.75, 3.05) is 0 Å². The maximum atomic E-state index is 13.5. The molecule has 0 heterocycles. The zero-order chi connectivity index (χ0) is 24.7. The maximum absolute atomic E-state index is 13.5. The van der Waals surface area contributed by atoms with Gasteiger partial charge in [-0.2, -0.15) is 13.2 Å². The first-order valence-electron chi connectivity index (χ1n) is 10.8. The Morgan fingerprint density at radius 3 is 1.56 bits per heavy atom. The highest BCUT2D eigenvalue weighted by atomic mass is 19.4. The van der Waals surface area contributed by atoms with Crippen LogP contribution in [-0.4, -0.2) is 11.8 Å². The summed E-state index contributed by atoms with van der Waals surface area (Å²) in [6, 6.07) is 22.0. The van der Waals surface area contributed by atoms with Crippen LogP contribution in [0.2, 0.25) is 0 Å². The number of benzene rings is 3. The number of hydrogen-bond acceptors (Lipinski definition) is 2. The summed E-state index contributed by atoms with van der Waals surface area (Å²) in [5.41, 5.74) is -0.0227. The summed E-state index contributed by atoms with van der Waals surface area (Å²) in [7, 11) is 0. The minimum atomic E-state index is -4.64. The van der Waals surface area contributed by atoms with Crippen LogP contribution in [0.4, 0.5) is 13.2 Å². The lowest BCUT2D eigenvalue weighted by atomic mass is 10.0. The normalized spacial score (nSPS) is 12.9. The maximum Gasteiger partial charge on any atom is 0.416 e. The summed E-state index contributed by atoms with van der Waals surface area (Å²) >= 11 is 0. The fourth-order valence-electron chi connectivity index (χ4n) is 3.47. The van der Waals surface area contributed by atoms with E-state index in [1.807, 2.05) is 60.7 Å². The number of nitrogens with one attached hydrogen (secondary N) is 2. The number of hydrogen-bond donors (Lipinski definition) is 2. The molecule has 0 saturated heterocycles. The Labute approximate surface area is 196 Å². The third kappa shape index (κ3) is 6.34. The van der Waals surface area contributed by atoms with Gasteiger partial charge < -0.3 is 10.6 Å². The van der Waals surface area contributed by atoms with E-state index < -0.39 is 41.2 Å². The van der Waals surface area contributed by atoms with E-state index in [4.69, 9.17) is 0 Å². The first-order chi connectivity index (χ1) is 16.2. The number of carbonyl (C=O) groups excluding carboxylic acids is 2. The van der Waals surface area contributed by atoms with Crippen LogP contribution < -0.4 is 10.6 Å². The predicted octanol–water partition coefficient (Wildman–Crippen LogP) is 5.84. The van der Waals surface area contributed by atoms with Crippen molar-refractivity contribution in [1.29, 1.82) is 0 Å². The minimum absolute atomic E-state index is 0.268. The lowest BCUT2D eigenvalue weighted by molar-refractivity contribution is -0.137. The van der Waals surface area contributed by atoms with E-state index in [2.05, 4.69) is 10.6 Å². The molecular formula is C27H25F3N2O2. The molecule has 3 rings (SSSR count). The van der Waals surface area contributed by atoms with Gasteiger partial charge in [0.15, 0.2) is 0 Å². The fraction of sp³-hybridized carbons (Fsp3) is 0.185. The highest BCUT2D eigenvalue weighted by Gasteiger charge is 2.33. The lowest BCUT2D eigenvalue weighted by Gasteiger charge is -2.19. The topological polar surface area (TPSA) is 58.2 Å². The van der Waals surface area contributed by atoms with E-state index in [-0.39, 0.29) is 5.56 Å². The van der Waals surface area contributed by atoms with Crippen LogP contribution in [-0.2, 0) is 15.8 Å². The van der Waals surface area contributed by atoms with Gasteiger partial charge in [0.05, 0.1) is 17.6 Å². The van der Waals surface area contributed by atoms with E-state index >= 15 is 0 Å². The van der Waals surface area contributed by atoms with Gasteiger partial charge in [0.1, 0.15) is 5.57 Å². The molecule has 2 amide bonds. The second kappa shape index (κ2) is 10.8. The first-order valence-corrected chi connectivity index (χ1v) is 10.8. The van der Waals surface area contributed by atoms with Crippen LogP contribution in [0.3, 0.4) is 0 Å². The van der Waals surface area contributed by atoms with Crippen LogP contribution in [0.5, 0.6) is 0 Å². The van der Waals surface area contributed by atoms with Crippen molar-refractivity contribution in [3.05, 3.63) is 113 Å². The molecule has 0 aliphatic heterocycles. The third-order valence-electron chi connectivity index (χ3n) is 5.35. The Kier molecular flexibility index (Phi) is 7.89. The van der Waals surface area contributed by atoms with Crippen molar-refractivity contribution in [2.45, 2.75) is 32.1 Å². The Morgan fingerprint density at radius 1 is 0.706 bits per heavy atom. The van der Waals surface area contributed by atoms with Crippen LogP contribution in [0.15, 0.2) is 90.5 Å². The van der Waals surface area contributed by atoms with Gasteiger partial charge in [-0.1, -0.05) is 78.9 Å². The average Bonchev–Trinajstić information content (AvgIpc) is 2.83. The van der Waals surface area contributed by atoms with Crippen molar-refractivity contribution in [2.24, 2.45) is 0 Å². The molecule has 0 bridgehead atoms. The lowest BCUT2D eigenvalue weighted by Crippen LogP contribution is -2.37. The quantitative estimate of drug-likeness (QED) is 0.261. The molecule has 0 aliphatic rings. The molecule has 3 aromatic carbocycles. The van der Waals surface area contributed by atoms with Gasteiger partial charge in [-0.25, -0.2) is 0 Å². The summed E-state index contributed by atoms with van der Waals surface area (Å²) in [5, 5.41) is 5.44. The van der Waals surface area contributed by atoms with Gasteiger partial charge >= 0.3 is 6.18 Å². The van der Waals surface area contributed by atoms with Crippen LogP contribution >= 0.6 is 0 Å². The van der Waals surface area contributed by atoms with Gasteiger partial charge in [-0.15, -0.1) is 0 Å². The summed E-state index contributed by atoms with van der Waals surface area (Å²) < 4.78 is 40.6. The van der Waals surface area contributed by atoms with Crippen LogP contribution in [0, 0.1) is 0 Å². The number of alkyl halides is 3. The molecule has 2 unspecified atom stereocenters. The van der Waals surface area contributed by atoms with Crippen LogP contribution in [0.25, 0.3) is 6.08 Å². The predicted molar refractivity (Wildman–Crippen MR) is 125 cm³/mol. The van der Waals surface area contributed by atoms with Gasteiger partial charge in [0, 0.05) is 0 Å². The van der Waals surface area contributed by atoms with E-state index in [0.29, 0.717) is 0 Å². The molecule has 7 heteroatoms. The zero-order valence-electron chi connectivity index (χ0n) is 18.8. The second-order valence-corrected chi connectivity index (χ2v) is 7.85. The standard InChI is InChI=1S/C27H25F3N2O2/c1-18(20-11-5-3-6-12-20)31-25(33)23(17-22-15-9-10-16-24(22)27(28,29)30)26(34)32-19(2)21-13-7-4-8-14-21/h3-19H,1-2H3,(H,31,33)(H,32,34). The molecule has 2 atom stereocenters. The molecule has 0 spiro atoms. The number of rotatable bonds is 7. The van der Waals surface area contributed by atoms with Gasteiger partial charge in [-0.3, -0.25) is 9.59 Å². The van der Waals surface area contributed by atoms with E-state index in [1.165, 1.54) is 18.2 Å². The molecular weight excluding hydrogens is 441 g/mol. The number of amides is 2. The average molecular weight is 467 g/mol. The monoisotopic (exact) mass is 466 g/mol. The Balaban J connectivity index is 1.95. The van der Waals surface area contributed by atoms with Crippen LogP contribution in [0.1, 0.15) is 48.2 Å². The molecule has 0 saturated carbocycles. The highest BCUT2D eigenvalue weighted by molar-refractivity contribution is 6.21. The van der Waals surface area contributed by atoms with Crippen molar-refractivity contribution in [1.82, 2.24) is 10.6 Å². The third-order valence-corrected chi connectivity index (χ3v) is 5.35. The van der Waals surface area contributed by atoms with Crippen molar-refractivity contribution < 1.29 is 22.8 Å². The zero-order valence-corrected chi connectivity index (χ0v) is 18.8. The summed E-state index contributed by atoms with van der Waals surface area (Å²) in [6.45, 7) is 3.47. The smallest absolute Gasteiger partial charge is 0.345 e. The first kappa shape index (κ1) is 24.8. The largest absolute Gasteiger partial charge is 0.416 e. The molecule has 0 aromatic heterocycles. The van der Waals surface area contributed by atoms with Crippen molar-refractivity contribution in [3.63, 3.8) is 0 Å². The molecule has 176 valence electrons. The Morgan fingerprint density at radius 2 is 1.12 bits per heavy atom. The second-order valence-electron chi connectivity index (χ2n) is 7.85. The molecule has 0 aliphatic carbocycles. The summed E-state index contributed by atoms with van der Waals surface area (Å²) in [6.07, 6.45) is -3.65. The van der Waals surface area contributed by atoms with Crippen molar-refractivity contribution in [3.8, 4) is 0 Å².